The summed E-state index contributed by atoms with van der Waals surface area (Å²) >= 11 is 0. The van der Waals surface area contributed by atoms with Gasteiger partial charge in [0.1, 0.15) is 18.4 Å². The minimum absolute atomic E-state index is 0.337. The van der Waals surface area contributed by atoms with Gasteiger partial charge in [-0.25, -0.2) is 14.3 Å². The maximum atomic E-state index is 13.3. The number of rotatable bonds is 5. The topological polar surface area (TPSA) is 57.8 Å². The molecule has 2 heterocycles. The first-order chi connectivity index (χ1) is 13.9. The molecule has 0 radical (unpaired) electrons. The van der Waals surface area contributed by atoms with Gasteiger partial charge < -0.3 is 4.74 Å². The fourth-order valence-electron chi connectivity index (χ4n) is 2.93. The Morgan fingerprint density at radius 1 is 1.00 bits per heavy atom. The molecule has 0 aliphatic carbocycles. The number of hydrogen-bond acceptors (Lipinski definition) is 4. The van der Waals surface area contributed by atoms with E-state index in [0.717, 1.165) is 11.6 Å². The number of aromatic nitrogens is 5. The van der Waals surface area contributed by atoms with Crippen LogP contribution in [0.3, 0.4) is 0 Å². The third-order valence-electron chi connectivity index (χ3n) is 4.38. The molecule has 2 aromatic carbocycles. The van der Waals surface area contributed by atoms with Gasteiger partial charge in [-0.15, -0.1) is 0 Å². The average molecular weight is 399 g/mol. The third kappa shape index (κ3) is 3.98. The van der Waals surface area contributed by atoms with Gasteiger partial charge in [-0.05, 0) is 48.0 Å². The van der Waals surface area contributed by atoms with E-state index in [2.05, 4.69) is 15.2 Å². The molecular formula is C20H16F3N5O. The summed E-state index contributed by atoms with van der Waals surface area (Å²) in [6.07, 6.45) is -1.50. The predicted molar refractivity (Wildman–Crippen MR) is 99.7 cm³/mol. The van der Waals surface area contributed by atoms with E-state index in [-0.39, 0.29) is 0 Å². The Hall–Kier alpha value is -3.62. The summed E-state index contributed by atoms with van der Waals surface area (Å²) in [6, 6.07) is 14.9. The van der Waals surface area contributed by atoms with E-state index in [1.807, 2.05) is 12.1 Å². The lowest BCUT2D eigenvalue weighted by molar-refractivity contribution is -0.141. The molecule has 0 fully saturated rings. The summed E-state index contributed by atoms with van der Waals surface area (Å²) in [7, 11) is 1.53. The smallest absolute Gasteiger partial charge is 0.435 e. The molecule has 6 nitrogen and oxygen atoms in total. The van der Waals surface area contributed by atoms with Crippen molar-refractivity contribution in [1.82, 2.24) is 24.5 Å². The normalized spacial score (nSPS) is 11.6. The van der Waals surface area contributed by atoms with Crippen LogP contribution in [0, 0.1) is 0 Å². The van der Waals surface area contributed by atoms with Gasteiger partial charge in [0.05, 0.1) is 25.0 Å². The second kappa shape index (κ2) is 7.42. The van der Waals surface area contributed by atoms with Crippen molar-refractivity contribution in [3.8, 4) is 22.7 Å². The molecule has 2 aromatic heterocycles. The monoisotopic (exact) mass is 399 g/mol. The lowest BCUT2D eigenvalue weighted by Gasteiger charge is -2.09. The first kappa shape index (κ1) is 18.7. The Labute approximate surface area is 164 Å². The zero-order chi connectivity index (χ0) is 20.4. The van der Waals surface area contributed by atoms with E-state index in [9.17, 15) is 13.2 Å². The van der Waals surface area contributed by atoms with Crippen LogP contribution in [0.1, 0.15) is 11.3 Å². The first-order valence-corrected chi connectivity index (χ1v) is 8.67. The predicted octanol–water partition coefficient (Wildman–Crippen LogP) is 4.21. The van der Waals surface area contributed by atoms with Gasteiger partial charge in [-0.1, -0.05) is 12.1 Å². The molecule has 0 saturated carbocycles. The van der Waals surface area contributed by atoms with E-state index in [4.69, 9.17) is 4.74 Å². The minimum Gasteiger partial charge on any atom is -0.497 e. The van der Waals surface area contributed by atoms with Crippen LogP contribution < -0.4 is 4.74 Å². The van der Waals surface area contributed by atoms with Crippen LogP contribution in [0.15, 0.2) is 67.3 Å². The largest absolute Gasteiger partial charge is 0.497 e. The summed E-state index contributed by atoms with van der Waals surface area (Å²) in [6.45, 7) is 0.512. The Morgan fingerprint density at radius 2 is 1.72 bits per heavy atom. The molecular weight excluding hydrogens is 383 g/mol. The van der Waals surface area contributed by atoms with Crippen LogP contribution in [0.25, 0.3) is 16.9 Å². The number of hydrogen-bond donors (Lipinski definition) is 0. The van der Waals surface area contributed by atoms with E-state index < -0.39 is 11.9 Å². The lowest BCUT2D eigenvalue weighted by atomic mass is 10.1. The van der Waals surface area contributed by atoms with Gasteiger partial charge in [0.15, 0.2) is 5.69 Å². The van der Waals surface area contributed by atoms with Gasteiger partial charge in [0.2, 0.25) is 0 Å². The number of ether oxygens (including phenoxy) is 1. The minimum atomic E-state index is -4.54. The van der Waals surface area contributed by atoms with Crippen molar-refractivity contribution in [1.29, 1.82) is 0 Å². The number of nitrogens with zero attached hydrogens (tertiary/aromatic N) is 5. The van der Waals surface area contributed by atoms with Crippen molar-refractivity contribution in [2.24, 2.45) is 0 Å². The summed E-state index contributed by atoms with van der Waals surface area (Å²) in [5.74, 6) is 0.619. The molecule has 9 heteroatoms. The molecule has 0 unspecified atom stereocenters. The van der Waals surface area contributed by atoms with Crippen molar-refractivity contribution >= 4 is 0 Å². The van der Waals surface area contributed by atoms with Gasteiger partial charge in [-0.2, -0.15) is 23.4 Å². The Balaban J connectivity index is 1.72. The summed E-state index contributed by atoms with van der Waals surface area (Å²) < 4.78 is 48.0. The van der Waals surface area contributed by atoms with Crippen molar-refractivity contribution in [2.45, 2.75) is 12.7 Å². The van der Waals surface area contributed by atoms with E-state index in [1.54, 1.807) is 47.4 Å². The van der Waals surface area contributed by atoms with Crippen LogP contribution in [0.2, 0.25) is 0 Å². The molecule has 0 aliphatic heterocycles. The molecule has 148 valence electrons. The fraction of sp³-hybridized carbons (Fsp3) is 0.150. The van der Waals surface area contributed by atoms with Crippen molar-refractivity contribution in [3.63, 3.8) is 0 Å². The van der Waals surface area contributed by atoms with Crippen molar-refractivity contribution in [2.75, 3.05) is 7.11 Å². The summed E-state index contributed by atoms with van der Waals surface area (Å²) in [4.78, 5) is 3.89. The Kier molecular flexibility index (Phi) is 4.79. The quantitative estimate of drug-likeness (QED) is 0.505. The SMILES string of the molecule is COc1ccc(-c2cc(C(F)(F)F)nn2-c2ccc(Cn3cncn3)cc2)cc1. The molecule has 0 saturated heterocycles. The molecule has 29 heavy (non-hydrogen) atoms. The number of methoxy groups -OCH3 is 1. The van der Waals surface area contributed by atoms with E-state index in [0.29, 0.717) is 29.2 Å². The van der Waals surface area contributed by atoms with Gasteiger partial charge >= 0.3 is 6.18 Å². The Morgan fingerprint density at radius 3 is 2.31 bits per heavy atom. The zero-order valence-corrected chi connectivity index (χ0v) is 15.3. The van der Waals surface area contributed by atoms with Gasteiger partial charge in [0, 0.05) is 5.56 Å². The molecule has 4 aromatic rings. The summed E-state index contributed by atoms with van der Waals surface area (Å²) in [5, 5.41) is 7.85. The van der Waals surface area contributed by atoms with Crippen LogP contribution in [-0.4, -0.2) is 31.7 Å². The fourth-order valence-corrected chi connectivity index (χ4v) is 2.93. The number of alkyl halides is 3. The van der Waals surface area contributed by atoms with Crippen LogP contribution in [0.4, 0.5) is 13.2 Å². The first-order valence-electron chi connectivity index (χ1n) is 8.67. The van der Waals surface area contributed by atoms with Crippen LogP contribution in [-0.2, 0) is 12.7 Å². The van der Waals surface area contributed by atoms with E-state index >= 15 is 0 Å². The van der Waals surface area contributed by atoms with Gasteiger partial charge in [0.25, 0.3) is 0 Å². The number of halogens is 3. The highest BCUT2D eigenvalue weighted by molar-refractivity contribution is 5.64. The highest BCUT2D eigenvalue weighted by Gasteiger charge is 2.35. The second-order valence-electron chi connectivity index (χ2n) is 6.31. The lowest BCUT2D eigenvalue weighted by Crippen LogP contribution is -2.07. The highest BCUT2D eigenvalue weighted by atomic mass is 19.4. The van der Waals surface area contributed by atoms with Gasteiger partial charge in [-0.3, -0.25) is 0 Å². The molecule has 0 aliphatic rings. The highest BCUT2D eigenvalue weighted by Crippen LogP contribution is 2.33. The summed E-state index contributed by atoms with van der Waals surface area (Å²) in [5.41, 5.74) is 1.45. The molecule has 0 N–H and O–H groups in total. The van der Waals surface area contributed by atoms with Crippen LogP contribution >= 0.6 is 0 Å². The Bertz CT molecular complexity index is 1080. The standard InChI is InChI=1S/C20H16F3N5O/c1-29-17-8-4-15(5-9-17)18-10-19(20(21,22)23)26-28(18)16-6-2-14(3-7-16)11-27-13-24-12-25-27/h2-10,12-13H,11H2,1H3. The molecule has 0 atom stereocenters. The second-order valence-corrected chi connectivity index (χ2v) is 6.31. The average Bonchev–Trinajstić information content (AvgIpc) is 3.38. The molecule has 0 spiro atoms. The maximum Gasteiger partial charge on any atom is 0.435 e. The number of benzene rings is 2. The molecule has 0 amide bonds. The zero-order valence-electron chi connectivity index (χ0n) is 15.3. The molecule has 0 bridgehead atoms. The van der Waals surface area contributed by atoms with Crippen LogP contribution in [0.5, 0.6) is 5.75 Å². The van der Waals surface area contributed by atoms with Crippen molar-refractivity contribution < 1.29 is 17.9 Å². The van der Waals surface area contributed by atoms with E-state index in [1.165, 1.54) is 18.1 Å². The van der Waals surface area contributed by atoms with Crippen molar-refractivity contribution in [3.05, 3.63) is 78.5 Å². The molecule has 4 rings (SSSR count). The maximum absolute atomic E-state index is 13.3. The third-order valence-corrected chi connectivity index (χ3v) is 4.38.